The van der Waals surface area contributed by atoms with Crippen molar-refractivity contribution in [3.63, 3.8) is 0 Å². The van der Waals surface area contributed by atoms with Gasteiger partial charge in [-0.2, -0.15) is 8.42 Å². The van der Waals surface area contributed by atoms with E-state index in [2.05, 4.69) is 23.3 Å². The Bertz CT molecular complexity index is 1090. The standard InChI is InChI=1S/C45H89NO12S/c1-3-5-7-9-11-13-14-15-16-17-18-19-20-21-22-23-24-25-26-28-30-32-34-39(49)44(52)46-37(38(48)33-31-29-27-12-10-8-6-4-2)36-56-45-42(51)43(58-59(53,54)55)41(50)40(35-47)57-45/h37-43,45,47-51H,3-36H2,1-2H3,(H,46,52)(H,53,54,55). The third-order valence-corrected chi connectivity index (χ3v) is 12.2. The smallest absolute Gasteiger partial charge is 0.394 e. The molecule has 1 aliphatic rings. The fourth-order valence-corrected chi connectivity index (χ4v) is 8.45. The molecule has 0 aromatic carbocycles. The van der Waals surface area contributed by atoms with E-state index in [1.165, 1.54) is 135 Å². The summed E-state index contributed by atoms with van der Waals surface area (Å²) >= 11 is 0. The number of hydrogen-bond donors (Lipinski definition) is 7. The van der Waals surface area contributed by atoms with Gasteiger partial charge in [0.2, 0.25) is 5.91 Å². The van der Waals surface area contributed by atoms with Crippen LogP contribution < -0.4 is 5.32 Å². The number of aliphatic hydroxyl groups excluding tert-OH is 5. The van der Waals surface area contributed by atoms with Crippen LogP contribution >= 0.6 is 0 Å². The minimum atomic E-state index is -5.10. The first-order chi connectivity index (χ1) is 28.4. The van der Waals surface area contributed by atoms with Crippen molar-refractivity contribution in [2.24, 2.45) is 0 Å². The van der Waals surface area contributed by atoms with E-state index in [1.54, 1.807) is 0 Å². The Morgan fingerprint density at radius 3 is 1.36 bits per heavy atom. The van der Waals surface area contributed by atoms with Crippen LogP contribution in [0.15, 0.2) is 0 Å². The first-order valence-corrected chi connectivity index (χ1v) is 25.4. The molecule has 0 spiro atoms. The molecule has 352 valence electrons. The molecule has 1 heterocycles. The zero-order chi connectivity index (χ0) is 43.6. The second-order valence-electron chi connectivity index (χ2n) is 17.2. The quantitative estimate of drug-likeness (QED) is 0.0228. The molecule has 14 heteroatoms. The highest BCUT2D eigenvalue weighted by Gasteiger charge is 2.48. The lowest BCUT2D eigenvalue weighted by atomic mass is 9.99. The SMILES string of the molecule is CCCCCCCCCCCCCCCCCCCCCCCCC(O)C(=O)NC(COC1OC(CO)C(O)C(OS(=O)(=O)O)C1O)C(O)CCCCCCCCCC. The summed E-state index contributed by atoms with van der Waals surface area (Å²) in [4.78, 5) is 13.1. The first-order valence-electron chi connectivity index (χ1n) is 24.0. The molecule has 0 aromatic heterocycles. The average molecular weight is 868 g/mol. The summed E-state index contributed by atoms with van der Waals surface area (Å²) in [5.41, 5.74) is 0. The maximum Gasteiger partial charge on any atom is 0.397 e. The highest BCUT2D eigenvalue weighted by atomic mass is 32.3. The number of ether oxygens (including phenoxy) is 2. The van der Waals surface area contributed by atoms with Gasteiger partial charge in [-0.1, -0.05) is 206 Å². The second kappa shape index (κ2) is 36.5. The van der Waals surface area contributed by atoms with E-state index in [4.69, 9.17) is 14.0 Å². The van der Waals surface area contributed by atoms with Gasteiger partial charge in [-0.05, 0) is 12.8 Å². The van der Waals surface area contributed by atoms with E-state index in [0.29, 0.717) is 19.3 Å². The fraction of sp³-hybridized carbons (Fsp3) is 0.978. The summed E-state index contributed by atoms with van der Waals surface area (Å²) in [5, 5.41) is 55.2. The van der Waals surface area contributed by atoms with Crippen molar-refractivity contribution in [2.45, 2.75) is 268 Å². The molecule has 13 nitrogen and oxygen atoms in total. The Hall–Kier alpha value is -0.940. The van der Waals surface area contributed by atoms with Crippen LogP contribution in [0.1, 0.15) is 219 Å². The van der Waals surface area contributed by atoms with E-state index in [-0.39, 0.29) is 6.42 Å². The second-order valence-corrected chi connectivity index (χ2v) is 18.3. The molecule has 1 rings (SSSR count). The van der Waals surface area contributed by atoms with E-state index < -0.39 is 78.5 Å². The summed E-state index contributed by atoms with van der Waals surface area (Å²) in [6.45, 7) is 3.24. The Kier molecular flexibility index (Phi) is 34.7. The summed E-state index contributed by atoms with van der Waals surface area (Å²) < 4.78 is 47.4. The molecule has 1 amide bonds. The molecule has 1 saturated heterocycles. The van der Waals surface area contributed by atoms with Gasteiger partial charge < -0.3 is 40.3 Å². The molecule has 8 unspecified atom stereocenters. The van der Waals surface area contributed by atoms with Crippen molar-refractivity contribution >= 4 is 16.3 Å². The average Bonchev–Trinajstić information content (AvgIpc) is 3.20. The van der Waals surface area contributed by atoms with Gasteiger partial charge in [0, 0.05) is 0 Å². The summed E-state index contributed by atoms with van der Waals surface area (Å²) in [6.07, 6.45) is 26.1. The van der Waals surface area contributed by atoms with Crippen LogP contribution in [0.5, 0.6) is 0 Å². The minimum Gasteiger partial charge on any atom is -0.394 e. The van der Waals surface area contributed by atoms with Crippen molar-refractivity contribution in [3.8, 4) is 0 Å². The van der Waals surface area contributed by atoms with E-state index in [0.717, 1.165) is 44.9 Å². The van der Waals surface area contributed by atoms with Gasteiger partial charge in [-0.25, -0.2) is 4.18 Å². The zero-order valence-electron chi connectivity index (χ0n) is 37.2. The van der Waals surface area contributed by atoms with Gasteiger partial charge >= 0.3 is 10.4 Å². The van der Waals surface area contributed by atoms with Crippen LogP contribution in [-0.2, 0) is 28.9 Å². The summed E-state index contributed by atoms with van der Waals surface area (Å²) in [7, 11) is -5.10. The van der Waals surface area contributed by atoms with Gasteiger partial charge in [0.25, 0.3) is 0 Å². The molecular formula is C45H89NO12S. The number of amides is 1. The lowest BCUT2D eigenvalue weighted by Crippen LogP contribution is -2.61. The normalized spacial score (nSPS) is 21.4. The predicted molar refractivity (Wildman–Crippen MR) is 233 cm³/mol. The van der Waals surface area contributed by atoms with Crippen molar-refractivity contribution < 1.29 is 57.0 Å². The summed E-state index contributed by atoms with van der Waals surface area (Å²) in [6, 6.07) is -1.03. The number of aliphatic hydroxyl groups is 5. The fourth-order valence-electron chi connectivity index (χ4n) is 7.94. The molecule has 0 bridgehead atoms. The minimum absolute atomic E-state index is 0.266. The van der Waals surface area contributed by atoms with Crippen molar-refractivity contribution in [1.29, 1.82) is 0 Å². The maximum absolute atomic E-state index is 13.1. The molecule has 8 atom stereocenters. The molecule has 0 saturated carbocycles. The summed E-state index contributed by atoms with van der Waals surface area (Å²) in [5.74, 6) is -0.668. The molecule has 7 N–H and O–H groups in total. The van der Waals surface area contributed by atoms with Crippen LogP contribution in [-0.4, -0.2) is 107 Å². The van der Waals surface area contributed by atoms with Gasteiger partial charge in [0.05, 0.1) is 25.4 Å². The van der Waals surface area contributed by atoms with E-state index >= 15 is 0 Å². The number of carbonyl (C=O) groups is 1. The zero-order valence-corrected chi connectivity index (χ0v) is 38.0. The number of carbonyl (C=O) groups excluding carboxylic acids is 1. The van der Waals surface area contributed by atoms with Crippen LogP contribution in [0.25, 0.3) is 0 Å². The van der Waals surface area contributed by atoms with Crippen LogP contribution in [0, 0.1) is 0 Å². The van der Waals surface area contributed by atoms with Gasteiger partial charge in [0.1, 0.15) is 30.5 Å². The molecule has 0 aliphatic carbocycles. The van der Waals surface area contributed by atoms with Crippen LogP contribution in [0.4, 0.5) is 0 Å². The van der Waals surface area contributed by atoms with Gasteiger partial charge in [-0.15, -0.1) is 0 Å². The number of hydrogen-bond acceptors (Lipinski definition) is 11. The number of rotatable bonds is 41. The molecule has 0 aromatic rings. The highest BCUT2D eigenvalue weighted by Crippen LogP contribution is 2.26. The third kappa shape index (κ3) is 29.1. The van der Waals surface area contributed by atoms with E-state index in [9.17, 15) is 38.7 Å². The number of unbranched alkanes of at least 4 members (excludes halogenated alkanes) is 28. The lowest BCUT2D eigenvalue weighted by Gasteiger charge is -2.41. The van der Waals surface area contributed by atoms with Crippen LogP contribution in [0.3, 0.4) is 0 Å². The predicted octanol–water partition coefficient (Wildman–Crippen LogP) is 8.36. The Morgan fingerprint density at radius 2 is 0.983 bits per heavy atom. The molecule has 59 heavy (non-hydrogen) atoms. The highest BCUT2D eigenvalue weighted by molar-refractivity contribution is 7.80. The Morgan fingerprint density at radius 1 is 0.610 bits per heavy atom. The van der Waals surface area contributed by atoms with Crippen molar-refractivity contribution in [3.05, 3.63) is 0 Å². The maximum atomic E-state index is 13.1. The van der Waals surface area contributed by atoms with Gasteiger partial charge in [0.15, 0.2) is 6.29 Å². The molecular weight excluding hydrogens is 779 g/mol. The number of nitrogens with one attached hydrogen (secondary N) is 1. The van der Waals surface area contributed by atoms with Crippen molar-refractivity contribution in [2.75, 3.05) is 13.2 Å². The van der Waals surface area contributed by atoms with Crippen molar-refractivity contribution in [1.82, 2.24) is 5.32 Å². The first kappa shape index (κ1) is 56.1. The lowest BCUT2D eigenvalue weighted by molar-refractivity contribution is -0.298. The largest absolute Gasteiger partial charge is 0.397 e. The topological polar surface area (TPSA) is 212 Å². The van der Waals surface area contributed by atoms with Crippen LogP contribution in [0.2, 0.25) is 0 Å². The Balaban J connectivity index is 2.38. The Labute approximate surface area is 359 Å². The van der Waals surface area contributed by atoms with E-state index in [1.807, 2.05) is 0 Å². The third-order valence-electron chi connectivity index (χ3n) is 11.8. The monoisotopic (exact) mass is 868 g/mol. The molecule has 0 radical (unpaired) electrons. The molecule has 1 fully saturated rings. The molecule has 1 aliphatic heterocycles. The van der Waals surface area contributed by atoms with Gasteiger partial charge in [-0.3, -0.25) is 9.35 Å².